The van der Waals surface area contributed by atoms with Gasteiger partial charge in [-0.3, -0.25) is 9.69 Å². The lowest BCUT2D eigenvalue weighted by molar-refractivity contribution is 0.0933. The fourth-order valence-corrected chi connectivity index (χ4v) is 4.36. The Hall–Kier alpha value is -1.85. The summed E-state index contributed by atoms with van der Waals surface area (Å²) >= 11 is 1.72. The van der Waals surface area contributed by atoms with Crippen LogP contribution in [0.3, 0.4) is 0 Å². The zero-order valence-electron chi connectivity index (χ0n) is 16.9. The maximum Gasteiger partial charge on any atom is 0.251 e. The van der Waals surface area contributed by atoms with E-state index in [1.54, 1.807) is 11.3 Å². The second-order valence-electron chi connectivity index (χ2n) is 7.46. The Balaban J connectivity index is 1.58. The van der Waals surface area contributed by atoms with Gasteiger partial charge in [0.25, 0.3) is 5.91 Å². The number of likely N-dealkylation sites (tertiary alicyclic amines) is 1. The van der Waals surface area contributed by atoms with E-state index in [0.29, 0.717) is 12.1 Å². The predicted octanol–water partition coefficient (Wildman–Crippen LogP) is 5.27. The minimum Gasteiger partial charge on any atom is -0.494 e. The Bertz CT molecular complexity index is 692. The van der Waals surface area contributed by atoms with Crippen LogP contribution in [0.15, 0.2) is 41.1 Å². The van der Waals surface area contributed by atoms with Crippen LogP contribution in [-0.4, -0.2) is 37.0 Å². The Morgan fingerprint density at radius 2 is 1.89 bits per heavy atom. The number of rotatable bonds is 9. The third-order valence-corrected chi connectivity index (χ3v) is 6.05. The molecular formula is C23H32N2O2S. The molecule has 0 unspecified atom stereocenters. The van der Waals surface area contributed by atoms with E-state index in [9.17, 15) is 4.79 Å². The molecule has 1 fully saturated rings. The third kappa shape index (κ3) is 6.08. The first-order chi connectivity index (χ1) is 13.8. The average molecular weight is 401 g/mol. The Morgan fingerprint density at radius 3 is 2.54 bits per heavy atom. The van der Waals surface area contributed by atoms with Gasteiger partial charge in [-0.25, -0.2) is 0 Å². The minimum atomic E-state index is -0.0184. The molecule has 152 valence electrons. The van der Waals surface area contributed by atoms with E-state index in [4.69, 9.17) is 4.74 Å². The highest BCUT2D eigenvalue weighted by Crippen LogP contribution is 2.25. The van der Waals surface area contributed by atoms with Crippen LogP contribution in [0.5, 0.6) is 5.75 Å². The fraction of sp³-hybridized carbons (Fsp3) is 0.522. The topological polar surface area (TPSA) is 41.6 Å². The van der Waals surface area contributed by atoms with Crippen LogP contribution < -0.4 is 10.1 Å². The molecule has 1 N–H and O–H groups in total. The van der Waals surface area contributed by atoms with Crippen molar-refractivity contribution in [3.05, 3.63) is 52.2 Å². The summed E-state index contributed by atoms with van der Waals surface area (Å²) in [5.41, 5.74) is 2.00. The third-order valence-electron chi connectivity index (χ3n) is 5.35. The van der Waals surface area contributed by atoms with Crippen molar-refractivity contribution in [1.82, 2.24) is 10.2 Å². The number of nitrogens with one attached hydrogen (secondary N) is 1. The molecule has 1 amide bonds. The number of unbranched alkanes of at least 4 members (excludes halogenated alkanes) is 1. The Morgan fingerprint density at radius 1 is 1.14 bits per heavy atom. The van der Waals surface area contributed by atoms with Crippen molar-refractivity contribution in [3.63, 3.8) is 0 Å². The number of carbonyl (C=O) groups is 1. The maximum atomic E-state index is 12.7. The fourth-order valence-electron chi connectivity index (χ4n) is 3.66. The first-order valence-electron chi connectivity index (χ1n) is 10.5. The summed E-state index contributed by atoms with van der Waals surface area (Å²) < 4.78 is 5.68. The van der Waals surface area contributed by atoms with Crippen molar-refractivity contribution in [2.45, 2.75) is 51.5 Å². The summed E-state index contributed by atoms with van der Waals surface area (Å²) in [6, 6.07) is 9.91. The minimum absolute atomic E-state index is 0.0184. The van der Waals surface area contributed by atoms with Gasteiger partial charge >= 0.3 is 0 Å². The quantitative estimate of drug-likeness (QED) is 0.583. The van der Waals surface area contributed by atoms with Crippen molar-refractivity contribution in [2.24, 2.45) is 0 Å². The van der Waals surface area contributed by atoms with Crippen LogP contribution in [0.25, 0.3) is 0 Å². The first kappa shape index (κ1) is 20.9. The van der Waals surface area contributed by atoms with Gasteiger partial charge in [0.2, 0.25) is 0 Å². The number of carbonyl (C=O) groups excluding carboxylic acids is 1. The van der Waals surface area contributed by atoms with Crippen LogP contribution >= 0.6 is 11.3 Å². The van der Waals surface area contributed by atoms with Crippen LogP contribution in [0.1, 0.15) is 67.4 Å². The molecule has 2 heterocycles. The number of hydrogen-bond donors (Lipinski definition) is 1. The van der Waals surface area contributed by atoms with E-state index >= 15 is 0 Å². The smallest absolute Gasteiger partial charge is 0.251 e. The zero-order valence-corrected chi connectivity index (χ0v) is 17.7. The van der Waals surface area contributed by atoms with Gasteiger partial charge in [-0.05, 0) is 79.0 Å². The lowest BCUT2D eigenvalue weighted by Gasteiger charge is -2.30. The number of benzene rings is 1. The molecule has 28 heavy (non-hydrogen) atoms. The number of ether oxygens (including phenoxy) is 1. The zero-order chi connectivity index (χ0) is 19.6. The van der Waals surface area contributed by atoms with Gasteiger partial charge in [0.15, 0.2) is 0 Å². The van der Waals surface area contributed by atoms with Crippen molar-refractivity contribution >= 4 is 17.2 Å². The van der Waals surface area contributed by atoms with Gasteiger partial charge in [-0.1, -0.05) is 26.2 Å². The highest BCUT2D eigenvalue weighted by molar-refractivity contribution is 7.07. The summed E-state index contributed by atoms with van der Waals surface area (Å²) in [4.78, 5) is 15.2. The molecule has 1 aliphatic heterocycles. The van der Waals surface area contributed by atoms with Crippen LogP contribution in [0, 0.1) is 0 Å². The normalized spacial score (nSPS) is 16.3. The van der Waals surface area contributed by atoms with Gasteiger partial charge < -0.3 is 10.1 Å². The number of hydrogen-bond acceptors (Lipinski definition) is 4. The number of thiophene rings is 1. The predicted molar refractivity (Wildman–Crippen MR) is 116 cm³/mol. The summed E-state index contributed by atoms with van der Waals surface area (Å²) in [5, 5.41) is 7.50. The first-order valence-corrected chi connectivity index (χ1v) is 11.5. The summed E-state index contributed by atoms with van der Waals surface area (Å²) in [7, 11) is 0. The van der Waals surface area contributed by atoms with Gasteiger partial charge in [0, 0.05) is 12.1 Å². The monoisotopic (exact) mass is 400 g/mol. The van der Waals surface area contributed by atoms with Crippen LogP contribution in [-0.2, 0) is 0 Å². The largest absolute Gasteiger partial charge is 0.494 e. The van der Waals surface area contributed by atoms with Crippen molar-refractivity contribution in [3.8, 4) is 5.75 Å². The van der Waals surface area contributed by atoms with Gasteiger partial charge in [-0.15, -0.1) is 0 Å². The van der Waals surface area contributed by atoms with Crippen molar-refractivity contribution in [1.29, 1.82) is 0 Å². The SMILES string of the molecule is CCCCOc1ccc(C(=O)NC[C@H](c2ccsc2)N2CCCCCC2)cc1. The van der Waals surface area contributed by atoms with Gasteiger partial charge in [0.05, 0.1) is 12.6 Å². The molecule has 0 saturated carbocycles. The maximum absolute atomic E-state index is 12.7. The van der Waals surface area contributed by atoms with E-state index in [-0.39, 0.29) is 11.9 Å². The molecule has 0 radical (unpaired) electrons. The van der Waals surface area contributed by atoms with Gasteiger partial charge in [0.1, 0.15) is 5.75 Å². The van der Waals surface area contributed by atoms with Gasteiger partial charge in [-0.2, -0.15) is 11.3 Å². The molecule has 1 saturated heterocycles. The molecule has 0 bridgehead atoms. The highest BCUT2D eigenvalue weighted by Gasteiger charge is 2.22. The molecule has 3 rings (SSSR count). The Labute approximate surface area is 172 Å². The molecule has 0 spiro atoms. The van der Waals surface area contributed by atoms with E-state index in [0.717, 1.165) is 38.3 Å². The van der Waals surface area contributed by atoms with Crippen LogP contribution in [0.4, 0.5) is 0 Å². The molecule has 1 aromatic carbocycles. The number of amides is 1. The van der Waals surface area contributed by atoms with E-state index in [1.165, 1.54) is 31.2 Å². The molecule has 1 aliphatic rings. The molecular weight excluding hydrogens is 368 g/mol. The van der Waals surface area contributed by atoms with Crippen LogP contribution in [0.2, 0.25) is 0 Å². The standard InChI is InChI=1S/C23H32N2O2S/c1-2-3-15-27-21-10-8-19(9-11-21)23(26)24-17-22(20-12-16-28-18-20)25-13-6-4-5-7-14-25/h8-12,16,18,22H,2-7,13-15,17H2,1H3,(H,24,26)/t22-/m1/s1. The second-order valence-corrected chi connectivity index (χ2v) is 8.24. The van der Waals surface area contributed by atoms with E-state index < -0.39 is 0 Å². The molecule has 5 heteroatoms. The Kier molecular flexibility index (Phi) is 8.37. The molecule has 2 aromatic rings. The molecule has 1 atom stereocenters. The second kappa shape index (κ2) is 11.2. The molecule has 1 aromatic heterocycles. The summed E-state index contributed by atoms with van der Waals surface area (Å²) in [6.45, 7) is 5.73. The lowest BCUT2D eigenvalue weighted by Crippen LogP contribution is -2.38. The van der Waals surface area contributed by atoms with Crippen molar-refractivity contribution < 1.29 is 9.53 Å². The summed E-state index contributed by atoms with van der Waals surface area (Å²) in [6.07, 6.45) is 7.27. The molecule has 4 nitrogen and oxygen atoms in total. The number of nitrogens with zero attached hydrogens (tertiary/aromatic N) is 1. The average Bonchev–Trinajstić information content (AvgIpc) is 3.11. The highest BCUT2D eigenvalue weighted by atomic mass is 32.1. The molecule has 0 aliphatic carbocycles. The van der Waals surface area contributed by atoms with Crippen molar-refractivity contribution in [2.75, 3.05) is 26.2 Å². The van der Waals surface area contributed by atoms with E-state index in [2.05, 4.69) is 34.0 Å². The summed E-state index contributed by atoms with van der Waals surface area (Å²) in [5.74, 6) is 0.806. The lowest BCUT2D eigenvalue weighted by atomic mass is 10.1. The van der Waals surface area contributed by atoms with E-state index in [1.807, 2.05) is 24.3 Å².